The zero-order valence-corrected chi connectivity index (χ0v) is 12.4. The Morgan fingerprint density at radius 2 is 2.30 bits per heavy atom. The standard InChI is InChI=1S/C13H12BrN5O/c1-8-5-11(20)19-13(16-8)17-12(18-19)15-7-9-3-2-4-10(14)6-9/h2-4,6H,5,7H2,1H3,(H,15,18). The van der Waals surface area contributed by atoms with E-state index in [0.29, 0.717) is 24.9 Å². The molecule has 0 fully saturated rings. The Morgan fingerprint density at radius 3 is 3.10 bits per heavy atom. The second kappa shape index (κ2) is 5.16. The van der Waals surface area contributed by atoms with Crippen molar-refractivity contribution in [3.05, 3.63) is 34.3 Å². The highest BCUT2D eigenvalue weighted by Crippen LogP contribution is 2.19. The Hall–Kier alpha value is -2.02. The Kier molecular flexibility index (Phi) is 3.35. The first-order chi connectivity index (χ1) is 9.61. The van der Waals surface area contributed by atoms with Gasteiger partial charge in [0.2, 0.25) is 5.95 Å². The number of fused-ring (bicyclic) bond motifs is 1. The number of nitrogens with zero attached hydrogens (tertiary/aromatic N) is 4. The summed E-state index contributed by atoms with van der Waals surface area (Å²) in [5, 5.41) is 7.23. The summed E-state index contributed by atoms with van der Waals surface area (Å²) in [7, 11) is 0. The van der Waals surface area contributed by atoms with E-state index >= 15 is 0 Å². The van der Waals surface area contributed by atoms with Gasteiger partial charge >= 0.3 is 0 Å². The lowest BCUT2D eigenvalue weighted by Gasteiger charge is -2.06. The van der Waals surface area contributed by atoms with Gasteiger partial charge in [0.25, 0.3) is 11.9 Å². The van der Waals surface area contributed by atoms with Crippen molar-refractivity contribution >= 4 is 39.4 Å². The Morgan fingerprint density at radius 1 is 1.45 bits per heavy atom. The molecule has 1 aromatic heterocycles. The maximum Gasteiger partial charge on any atom is 0.257 e. The average Bonchev–Trinajstić information content (AvgIpc) is 2.80. The van der Waals surface area contributed by atoms with Crippen LogP contribution in [0.15, 0.2) is 33.7 Å². The fraction of sp³-hybridized carbons (Fsp3) is 0.231. The molecule has 0 amide bonds. The number of aromatic nitrogens is 3. The summed E-state index contributed by atoms with van der Waals surface area (Å²) in [5.74, 6) is 0.651. The van der Waals surface area contributed by atoms with Crippen LogP contribution in [-0.2, 0) is 6.54 Å². The molecule has 1 N–H and O–H groups in total. The lowest BCUT2D eigenvalue weighted by Crippen LogP contribution is -2.19. The number of anilines is 1. The lowest BCUT2D eigenvalue weighted by atomic mass is 10.2. The van der Waals surface area contributed by atoms with E-state index in [2.05, 4.69) is 36.3 Å². The van der Waals surface area contributed by atoms with Gasteiger partial charge in [-0.1, -0.05) is 28.1 Å². The maximum atomic E-state index is 11.8. The summed E-state index contributed by atoms with van der Waals surface area (Å²) in [5.41, 5.74) is 1.85. The summed E-state index contributed by atoms with van der Waals surface area (Å²) >= 11 is 3.42. The van der Waals surface area contributed by atoms with Crippen LogP contribution in [-0.4, -0.2) is 26.4 Å². The van der Waals surface area contributed by atoms with Gasteiger partial charge in [0.1, 0.15) is 0 Å². The predicted octanol–water partition coefficient (Wildman–Crippen LogP) is 2.79. The fourth-order valence-corrected chi connectivity index (χ4v) is 2.40. The monoisotopic (exact) mass is 333 g/mol. The SMILES string of the molecule is CC1=Nc2nc(NCc3cccc(Br)c3)nn2C(=O)C1. The number of nitrogens with one attached hydrogen (secondary N) is 1. The van der Waals surface area contributed by atoms with Crippen molar-refractivity contribution in [1.29, 1.82) is 0 Å². The molecule has 0 aliphatic carbocycles. The normalized spacial score (nSPS) is 13.9. The van der Waals surface area contributed by atoms with Crippen LogP contribution in [0, 0.1) is 0 Å². The fourth-order valence-electron chi connectivity index (χ4n) is 1.95. The van der Waals surface area contributed by atoms with Gasteiger partial charge in [0.15, 0.2) is 0 Å². The van der Waals surface area contributed by atoms with Crippen LogP contribution in [0.4, 0.5) is 11.9 Å². The smallest absolute Gasteiger partial charge is 0.257 e. The molecule has 0 saturated heterocycles. The molecule has 102 valence electrons. The highest BCUT2D eigenvalue weighted by atomic mass is 79.9. The molecular formula is C13H12BrN5O. The molecule has 0 radical (unpaired) electrons. The second-order valence-corrected chi connectivity index (χ2v) is 5.46. The summed E-state index contributed by atoms with van der Waals surface area (Å²) in [6, 6.07) is 7.94. The highest BCUT2D eigenvalue weighted by Gasteiger charge is 2.20. The number of rotatable bonds is 3. The summed E-state index contributed by atoms with van der Waals surface area (Å²) in [4.78, 5) is 20.2. The van der Waals surface area contributed by atoms with Gasteiger partial charge < -0.3 is 5.32 Å². The Balaban J connectivity index is 1.77. The molecule has 0 unspecified atom stereocenters. The third kappa shape index (κ3) is 2.62. The highest BCUT2D eigenvalue weighted by molar-refractivity contribution is 9.10. The molecule has 0 spiro atoms. The molecule has 0 bridgehead atoms. The summed E-state index contributed by atoms with van der Waals surface area (Å²) in [6.45, 7) is 2.39. The van der Waals surface area contributed by atoms with Gasteiger partial charge in [-0.25, -0.2) is 4.99 Å². The van der Waals surface area contributed by atoms with E-state index in [9.17, 15) is 4.79 Å². The molecular weight excluding hydrogens is 322 g/mol. The number of halogens is 1. The van der Waals surface area contributed by atoms with Crippen LogP contribution in [0.2, 0.25) is 0 Å². The van der Waals surface area contributed by atoms with Gasteiger partial charge in [0.05, 0.1) is 6.42 Å². The molecule has 6 nitrogen and oxygen atoms in total. The average molecular weight is 334 g/mol. The van der Waals surface area contributed by atoms with Crippen LogP contribution >= 0.6 is 15.9 Å². The van der Waals surface area contributed by atoms with E-state index in [0.717, 1.165) is 15.7 Å². The number of hydrogen-bond donors (Lipinski definition) is 1. The minimum atomic E-state index is -0.101. The molecule has 1 aliphatic heterocycles. The quantitative estimate of drug-likeness (QED) is 0.937. The van der Waals surface area contributed by atoms with E-state index in [4.69, 9.17) is 0 Å². The number of carbonyl (C=O) groups excluding carboxylic acids is 1. The zero-order valence-electron chi connectivity index (χ0n) is 10.8. The van der Waals surface area contributed by atoms with Gasteiger partial charge in [-0.2, -0.15) is 9.67 Å². The number of hydrogen-bond acceptors (Lipinski definition) is 5. The van der Waals surface area contributed by atoms with Crippen molar-refractivity contribution in [3.63, 3.8) is 0 Å². The van der Waals surface area contributed by atoms with Crippen LogP contribution in [0.5, 0.6) is 0 Å². The number of carbonyl (C=O) groups is 1. The molecule has 0 atom stereocenters. The lowest BCUT2D eigenvalue weighted by molar-refractivity contribution is 0.0906. The van der Waals surface area contributed by atoms with Gasteiger partial charge in [-0.3, -0.25) is 4.79 Å². The molecule has 1 aromatic carbocycles. The topological polar surface area (TPSA) is 72.2 Å². The van der Waals surface area contributed by atoms with E-state index < -0.39 is 0 Å². The third-order valence-corrected chi connectivity index (χ3v) is 3.36. The number of aliphatic imine (C=N–C) groups is 1. The van der Waals surface area contributed by atoms with Crippen molar-refractivity contribution in [2.24, 2.45) is 4.99 Å². The van der Waals surface area contributed by atoms with E-state index in [1.807, 2.05) is 31.2 Å². The van der Waals surface area contributed by atoms with E-state index in [-0.39, 0.29) is 5.91 Å². The van der Waals surface area contributed by atoms with Crippen molar-refractivity contribution < 1.29 is 4.79 Å². The van der Waals surface area contributed by atoms with Crippen LogP contribution in [0.25, 0.3) is 0 Å². The largest absolute Gasteiger partial charge is 0.349 e. The minimum absolute atomic E-state index is 0.101. The van der Waals surface area contributed by atoms with Crippen molar-refractivity contribution in [1.82, 2.24) is 14.8 Å². The predicted molar refractivity (Wildman–Crippen MR) is 79.5 cm³/mol. The molecule has 7 heteroatoms. The van der Waals surface area contributed by atoms with E-state index in [1.165, 1.54) is 4.68 Å². The molecule has 3 rings (SSSR count). The molecule has 0 saturated carbocycles. The summed E-state index contributed by atoms with van der Waals surface area (Å²) < 4.78 is 2.26. The molecule has 20 heavy (non-hydrogen) atoms. The first-order valence-electron chi connectivity index (χ1n) is 6.14. The van der Waals surface area contributed by atoms with Crippen LogP contribution in [0.3, 0.4) is 0 Å². The molecule has 2 aromatic rings. The maximum absolute atomic E-state index is 11.8. The minimum Gasteiger partial charge on any atom is -0.349 e. The first kappa shape index (κ1) is 13.0. The molecule has 2 heterocycles. The van der Waals surface area contributed by atoms with Crippen LogP contribution in [0.1, 0.15) is 23.7 Å². The second-order valence-electron chi connectivity index (χ2n) is 4.55. The van der Waals surface area contributed by atoms with Gasteiger partial charge in [-0.15, -0.1) is 5.10 Å². The Bertz CT molecular complexity index is 707. The molecule has 1 aliphatic rings. The van der Waals surface area contributed by atoms with Gasteiger partial charge in [0, 0.05) is 16.7 Å². The summed E-state index contributed by atoms with van der Waals surface area (Å²) in [6.07, 6.45) is 0.293. The Labute approximate surface area is 124 Å². The van der Waals surface area contributed by atoms with Crippen molar-refractivity contribution in [2.75, 3.05) is 5.32 Å². The van der Waals surface area contributed by atoms with E-state index in [1.54, 1.807) is 0 Å². The zero-order chi connectivity index (χ0) is 14.1. The van der Waals surface area contributed by atoms with Gasteiger partial charge in [-0.05, 0) is 24.6 Å². The first-order valence-corrected chi connectivity index (χ1v) is 6.94. The van der Waals surface area contributed by atoms with Crippen molar-refractivity contribution in [3.8, 4) is 0 Å². The van der Waals surface area contributed by atoms with Crippen molar-refractivity contribution in [2.45, 2.75) is 19.9 Å². The van der Waals surface area contributed by atoms with Crippen LogP contribution < -0.4 is 5.32 Å². The third-order valence-electron chi connectivity index (χ3n) is 2.86. The number of benzene rings is 1.